The Bertz CT molecular complexity index is 403. The van der Waals surface area contributed by atoms with Crippen LogP contribution in [0.4, 0.5) is 5.69 Å². The normalized spacial score (nSPS) is 12.4. The molecule has 0 fully saturated rings. The first-order valence-corrected chi connectivity index (χ1v) is 6.17. The van der Waals surface area contributed by atoms with Crippen molar-refractivity contribution in [3.63, 3.8) is 0 Å². The van der Waals surface area contributed by atoms with Crippen LogP contribution in [-0.2, 0) is 11.3 Å². The van der Waals surface area contributed by atoms with Gasteiger partial charge in [0.05, 0.1) is 18.3 Å². The minimum atomic E-state index is -0.147. The fourth-order valence-electron chi connectivity index (χ4n) is 1.89. The van der Waals surface area contributed by atoms with E-state index in [-0.39, 0.29) is 11.9 Å². The highest BCUT2D eigenvalue weighted by molar-refractivity contribution is 5.97. The molecule has 0 aliphatic heterocycles. The third-order valence-corrected chi connectivity index (χ3v) is 2.86. The molecular weight excluding hydrogens is 232 g/mol. The van der Waals surface area contributed by atoms with Crippen LogP contribution in [0.2, 0.25) is 0 Å². The van der Waals surface area contributed by atoms with E-state index in [1.54, 1.807) is 22.9 Å². The maximum absolute atomic E-state index is 12.4. The fraction of sp³-hybridized carbons (Fsp3) is 0.667. The van der Waals surface area contributed by atoms with Gasteiger partial charge in [0.2, 0.25) is 0 Å². The van der Waals surface area contributed by atoms with Crippen LogP contribution < -0.4 is 5.73 Å². The van der Waals surface area contributed by atoms with E-state index in [0.29, 0.717) is 31.1 Å². The van der Waals surface area contributed by atoms with Crippen molar-refractivity contribution in [1.29, 1.82) is 0 Å². The van der Waals surface area contributed by atoms with Crippen LogP contribution in [0.3, 0.4) is 0 Å². The average molecular weight is 254 g/mol. The number of carbonyl (C=O) groups is 1. The molecule has 0 spiro atoms. The summed E-state index contributed by atoms with van der Waals surface area (Å²) in [6.07, 6.45) is 1.68. The molecular formula is C12H22N4O2. The molecule has 1 aromatic heterocycles. The molecule has 102 valence electrons. The third kappa shape index (κ3) is 3.01. The Hall–Kier alpha value is -1.56. The first-order valence-electron chi connectivity index (χ1n) is 6.17. The highest BCUT2D eigenvalue weighted by Crippen LogP contribution is 2.14. The highest BCUT2D eigenvalue weighted by Gasteiger charge is 2.24. The van der Waals surface area contributed by atoms with Gasteiger partial charge in [-0.2, -0.15) is 5.10 Å². The van der Waals surface area contributed by atoms with Gasteiger partial charge in [0.15, 0.2) is 5.69 Å². The SMILES string of the molecule is CCN(C(=O)c1nn(CC)cc1N)C(C)COC. The number of hydrogen-bond acceptors (Lipinski definition) is 4. The molecule has 0 saturated heterocycles. The van der Waals surface area contributed by atoms with Gasteiger partial charge >= 0.3 is 0 Å². The number of ether oxygens (including phenoxy) is 1. The van der Waals surface area contributed by atoms with E-state index in [9.17, 15) is 4.79 Å². The minimum Gasteiger partial charge on any atom is -0.396 e. The second-order valence-electron chi connectivity index (χ2n) is 4.18. The molecule has 0 radical (unpaired) electrons. The van der Waals surface area contributed by atoms with Gasteiger partial charge in [0.1, 0.15) is 0 Å². The number of aromatic nitrogens is 2. The van der Waals surface area contributed by atoms with Crippen molar-refractivity contribution in [3.8, 4) is 0 Å². The molecule has 0 saturated carbocycles. The van der Waals surface area contributed by atoms with Gasteiger partial charge in [-0.15, -0.1) is 0 Å². The second kappa shape index (κ2) is 6.39. The predicted octanol–water partition coefficient (Wildman–Crippen LogP) is 0.982. The van der Waals surface area contributed by atoms with Crippen LogP contribution in [0.25, 0.3) is 0 Å². The maximum atomic E-state index is 12.4. The van der Waals surface area contributed by atoms with Crippen LogP contribution in [0.15, 0.2) is 6.20 Å². The van der Waals surface area contributed by atoms with E-state index >= 15 is 0 Å². The van der Waals surface area contributed by atoms with Crippen LogP contribution >= 0.6 is 0 Å². The van der Waals surface area contributed by atoms with Crippen LogP contribution in [0.1, 0.15) is 31.3 Å². The van der Waals surface area contributed by atoms with Crippen molar-refractivity contribution in [2.45, 2.75) is 33.4 Å². The summed E-state index contributed by atoms with van der Waals surface area (Å²) in [6.45, 7) is 7.60. The topological polar surface area (TPSA) is 73.4 Å². The van der Waals surface area contributed by atoms with Crippen LogP contribution in [-0.4, -0.2) is 46.9 Å². The number of nitrogens with zero attached hydrogens (tertiary/aromatic N) is 3. The highest BCUT2D eigenvalue weighted by atomic mass is 16.5. The van der Waals surface area contributed by atoms with Crippen molar-refractivity contribution in [2.75, 3.05) is 26.0 Å². The molecule has 1 aromatic rings. The quantitative estimate of drug-likeness (QED) is 0.821. The molecule has 1 heterocycles. The third-order valence-electron chi connectivity index (χ3n) is 2.86. The number of anilines is 1. The zero-order valence-corrected chi connectivity index (χ0v) is 11.5. The molecule has 6 heteroatoms. The zero-order chi connectivity index (χ0) is 13.7. The number of methoxy groups -OCH3 is 1. The number of hydrogen-bond donors (Lipinski definition) is 1. The van der Waals surface area contributed by atoms with Gasteiger partial charge in [-0.05, 0) is 20.8 Å². The number of carbonyl (C=O) groups excluding carboxylic acids is 1. The Labute approximate surface area is 108 Å². The van der Waals surface area contributed by atoms with Gasteiger partial charge in [0.25, 0.3) is 5.91 Å². The fourth-order valence-corrected chi connectivity index (χ4v) is 1.89. The first kappa shape index (κ1) is 14.5. The summed E-state index contributed by atoms with van der Waals surface area (Å²) in [6, 6.07) is -0.00123. The summed E-state index contributed by atoms with van der Waals surface area (Å²) in [7, 11) is 1.62. The lowest BCUT2D eigenvalue weighted by atomic mass is 10.2. The van der Waals surface area contributed by atoms with E-state index < -0.39 is 0 Å². The minimum absolute atomic E-state index is 0.00123. The Morgan fingerprint density at radius 1 is 1.61 bits per heavy atom. The summed E-state index contributed by atoms with van der Waals surface area (Å²) >= 11 is 0. The average Bonchev–Trinajstić information content (AvgIpc) is 2.71. The van der Waals surface area contributed by atoms with Crippen molar-refractivity contribution in [3.05, 3.63) is 11.9 Å². The maximum Gasteiger partial charge on any atom is 0.276 e. The lowest BCUT2D eigenvalue weighted by molar-refractivity contribution is 0.0574. The van der Waals surface area contributed by atoms with Gasteiger partial charge in [0, 0.05) is 26.4 Å². The second-order valence-corrected chi connectivity index (χ2v) is 4.18. The predicted molar refractivity (Wildman–Crippen MR) is 70.4 cm³/mol. The summed E-state index contributed by atoms with van der Waals surface area (Å²) < 4.78 is 6.74. The van der Waals surface area contributed by atoms with Gasteiger partial charge in [-0.1, -0.05) is 0 Å². The zero-order valence-electron chi connectivity index (χ0n) is 11.5. The van der Waals surface area contributed by atoms with E-state index in [1.807, 2.05) is 20.8 Å². The van der Waals surface area contributed by atoms with Crippen LogP contribution in [0.5, 0.6) is 0 Å². The van der Waals surface area contributed by atoms with E-state index in [0.717, 1.165) is 0 Å². The number of aryl methyl sites for hydroxylation is 1. The Morgan fingerprint density at radius 3 is 2.72 bits per heavy atom. The Balaban J connectivity index is 2.92. The molecule has 0 aliphatic rings. The monoisotopic (exact) mass is 254 g/mol. The molecule has 0 aliphatic carbocycles. The number of amides is 1. The van der Waals surface area contributed by atoms with Crippen molar-refractivity contribution in [1.82, 2.24) is 14.7 Å². The molecule has 1 atom stereocenters. The van der Waals surface area contributed by atoms with E-state index in [4.69, 9.17) is 10.5 Å². The summed E-state index contributed by atoms with van der Waals surface area (Å²) in [5, 5.41) is 4.20. The van der Waals surface area contributed by atoms with Gasteiger partial charge in [-0.25, -0.2) is 0 Å². The van der Waals surface area contributed by atoms with Gasteiger partial charge < -0.3 is 15.4 Å². The molecule has 6 nitrogen and oxygen atoms in total. The van der Waals surface area contributed by atoms with Crippen LogP contribution in [0, 0.1) is 0 Å². The van der Waals surface area contributed by atoms with Crippen molar-refractivity contribution < 1.29 is 9.53 Å². The summed E-state index contributed by atoms with van der Waals surface area (Å²) in [5.74, 6) is -0.147. The lowest BCUT2D eigenvalue weighted by Crippen LogP contribution is -2.41. The number of nitrogens with two attached hydrogens (primary N) is 1. The Morgan fingerprint density at radius 2 is 2.28 bits per heavy atom. The molecule has 1 unspecified atom stereocenters. The summed E-state index contributed by atoms with van der Waals surface area (Å²) in [4.78, 5) is 14.1. The smallest absolute Gasteiger partial charge is 0.276 e. The molecule has 1 rings (SSSR count). The van der Waals surface area contributed by atoms with E-state index in [1.165, 1.54) is 0 Å². The number of nitrogen functional groups attached to an aromatic ring is 1. The lowest BCUT2D eigenvalue weighted by Gasteiger charge is -2.26. The number of likely N-dealkylation sites (N-methyl/N-ethyl adjacent to an activating group) is 1. The Kier molecular flexibility index (Phi) is 5.15. The largest absolute Gasteiger partial charge is 0.396 e. The first-order chi connectivity index (χ1) is 8.54. The summed E-state index contributed by atoms with van der Waals surface area (Å²) in [5.41, 5.74) is 6.56. The van der Waals surface area contributed by atoms with E-state index in [2.05, 4.69) is 5.10 Å². The number of rotatable bonds is 6. The molecule has 1 amide bonds. The molecule has 18 heavy (non-hydrogen) atoms. The molecule has 0 bridgehead atoms. The molecule has 2 N–H and O–H groups in total. The van der Waals surface area contributed by atoms with Gasteiger partial charge in [-0.3, -0.25) is 9.48 Å². The molecule has 0 aromatic carbocycles. The van der Waals surface area contributed by atoms with Crippen molar-refractivity contribution >= 4 is 11.6 Å². The standard InChI is InChI=1S/C12H22N4O2/c1-5-15-7-10(13)11(14-15)12(17)16(6-2)9(3)8-18-4/h7,9H,5-6,8,13H2,1-4H3. The van der Waals surface area contributed by atoms with Crippen molar-refractivity contribution in [2.24, 2.45) is 0 Å².